The zero-order chi connectivity index (χ0) is 15.8. The molecule has 5 nitrogen and oxygen atoms in total. The smallest absolute Gasteiger partial charge is 0.322 e. The van der Waals surface area contributed by atoms with Crippen LogP contribution in [0.1, 0.15) is 5.56 Å². The van der Waals surface area contributed by atoms with Gasteiger partial charge in [-0.15, -0.1) is 0 Å². The van der Waals surface area contributed by atoms with Gasteiger partial charge in [-0.05, 0) is 18.2 Å². The summed E-state index contributed by atoms with van der Waals surface area (Å²) in [7, 11) is 1.60. The first-order valence-electron chi connectivity index (χ1n) is 7.08. The van der Waals surface area contributed by atoms with E-state index in [0.29, 0.717) is 6.54 Å². The normalized spacial score (nSPS) is 10.1. The lowest BCUT2D eigenvalue weighted by Gasteiger charge is -2.23. The number of aliphatic hydroxyl groups is 1. The SMILES string of the molecule is COc1ccccc1CN(CCO)C(=O)Nc1ccccc1. The molecule has 0 radical (unpaired) electrons. The number of ether oxygens (including phenoxy) is 1. The van der Waals surface area contributed by atoms with Crippen LogP contribution < -0.4 is 10.1 Å². The molecule has 2 amide bonds. The molecule has 5 heteroatoms. The summed E-state index contributed by atoms with van der Waals surface area (Å²) >= 11 is 0. The number of nitrogens with one attached hydrogen (secondary N) is 1. The van der Waals surface area contributed by atoms with Crippen molar-refractivity contribution in [1.82, 2.24) is 4.90 Å². The lowest BCUT2D eigenvalue weighted by Crippen LogP contribution is -2.36. The molecular formula is C17H20N2O3. The van der Waals surface area contributed by atoms with E-state index in [-0.39, 0.29) is 19.2 Å². The largest absolute Gasteiger partial charge is 0.496 e. The Morgan fingerprint density at radius 1 is 1.14 bits per heavy atom. The van der Waals surface area contributed by atoms with Crippen molar-refractivity contribution in [1.29, 1.82) is 0 Å². The Hall–Kier alpha value is -2.53. The summed E-state index contributed by atoms with van der Waals surface area (Å²) in [5.41, 5.74) is 1.61. The molecule has 0 aliphatic heterocycles. The van der Waals surface area contributed by atoms with Gasteiger partial charge in [0.25, 0.3) is 0 Å². The quantitative estimate of drug-likeness (QED) is 0.862. The van der Waals surface area contributed by atoms with Crippen molar-refractivity contribution in [3.8, 4) is 5.75 Å². The first kappa shape index (κ1) is 15.9. The number of hydrogen-bond donors (Lipinski definition) is 2. The predicted octanol–water partition coefficient (Wildman–Crippen LogP) is 2.72. The van der Waals surface area contributed by atoms with Crippen LogP contribution in [0.3, 0.4) is 0 Å². The topological polar surface area (TPSA) is 61.8 Å². The van der Waals surface area contributed by atoms with Crippen LogP contribution in [0.5, 0.6) is 5.75 Å². The van der Waals surface area contributed by atoms with Gasteiger partial charge >= 0.3 is 6.03 Å². The molecule has 0 bridgehead atoms. The van der Waals surface area contributed by atoms with Crippen LogP contribution in [0.2, 0.25) is 0 Å². The third kappa shape index (κ3) is 4.23. The first-order valence-corrected chi connectivity index (χ1v) is 7.08. The minimum absolute atomic E-state index is 0.0998. The average Bonchev–Trinajstić information content (AvgIpc) is 2.56. The van der Waals surface area contributed by atoms with Crippen molar-refractivity contribution in [2.24, 2.45) is 0 Å². The van der Waals surface area contributed by atoms with E-state index in [1.165, 1.54) is 0 Å². The fraction of sp³-hybridized carbons (Fsp3) is 0.235. The van der Waals surface area contributed by atoms with Gasteiger partial charge in [-0.2, -0.15) is 0 Å². The summed E-state index contributed by atoms with van der Waals surface area (Å²) in [5.74, 6) is 0.720. The highest BCUT2D eigenvalue weighted by atomic mass is 16.5. The standard InChI is InChI=1S/C17H20N2O3/c1-22-16-10-6-5-7-14(16)13-19(11-12-20)17(21)18-15-8-3-2-4-9-15/h2-10,20H,11-13H2,1H3,(H,18,21). The number of amides is 2. The Bertz CT molecular complexity index is 602. The molecule has 0 aliphatic rings. The molecule has 2 N–H and O–H groups in total. The van der Waals surface area contributed by atoms with Crippen molar-refractivity contribution >= 4 is 11.7 Å². The van der Waals surface area contributed by atoms with Crippen LogP contribution in [0.4, 0.5) is 10.5 Å². The molecule has 116 valence electrons. The second-order valence-corrected chi connectivity index (χ2v) is 4.75. The van der Waals surface area contributed by atoms with Gasteiger partial charge in [0.15, 0.2) is 0 Å². The van der Waals surface area contributed by atoms with E-state index < -0.39 is 0 Å². The third-order valence-corrected chi connectivity index (χ3v) is 3.24. The van der Waals surface area contributed by atoms with E-state index in [1.54, 1.807) is 12.0 Å². The average molecular weight is 300 g/mol. The Morgan fingerprint density at radius 2 is 1.82 bits per heavy atom. The van der Waals surface area contributed by atoms with Gasteiger partial charge in [0, 0.05) is 17.8 Å². The highest BCUT2D eigenvalue weighted by molar-refractivity contribution is 5.89. The molecule has 0 saturated carbocycles. The molecule has 0 spiro atoms. The second kappa shape index (κ2) is 8.05. The summed E-state index contributed by atoms with van der Waals surface area (Å²) < 4.78 is 5.30. The number of methoxy groups -OCH3 is 1. The van der Waals surface area contributed by atoms with E-state index >= 15 is 0 Å². The highest BCUT2D eigenvalue weighted by Crippen LogP contribution is 2.19. The summed E-state index contributed by atoms with van der Waals surface area (Å²) in [5, 5.41) is 12.0. The van der Waals surface area contributed by atoms with Crippen LogP contribution in [-0.2, 0) is 6.54 Å². The molecule has 0 heterocycles. The van der Waals surface area contributed by atoms with Gasteiger partial charge in [0.05, 0.1) is 20.3 Å². The Balaban J connectivity index is 2.10. The van der Waals surface area contributed by atoms with Gasteiger partial charge in [-0.1, -0.05) is 36.4 Å². The highest BCUT2D eigenvalue weighted by Gasteiger charge is 2.15. The zero-order valence-electron chi connectivity index (χ0n) is 12.5. The number of anilines is 1. The Labute approximate surface area is 130 Å². The molecule has 0 aliphatic carbocycles. The summed E-state index contributed by atoms with van der Waals surface area (Å²) in [6.07, 6.45) is 0. The molecular weight excluding hydrogens is 280 g/mol. The van der Waals surface area contributed by atoms with Crippen molar-refractivity contribution in [3.63, 3.8) is 0 Å². The fourth-order valence-electron chi connectivity index (χ4n) is 2.14. The van der Waals surface area contributed by atoms with E-state index in [9.17, 15) is 9.90 Å². The van der Waals surface area contributed by atoms with Crippen LogP contribution >= 0.6 is 0 Å². The van der Waals surface area contributed by atoms with Crippen molar-refractivity contribution in [2.45, 2.75) is 6.54 Å². The summed E-state index contributed by atoms with van der Waals surface area (Å²) in [4.78, 5) is 13.9. The fourth-order valence-corrected chi connectivity index (χ4v) is 2.14. The number of para-hydroxylation sites is 2. The minimum atomic E-state index is -0.258. The van der Waals surface area contributed by atoms with Gasteiger partial charge in [0.2, 0.25) is 0 Å². The van der Waals surface area contributed by atoms with E-state index in [0.717, 1.165) is 17.0 Å². The monoisotopic (exact) mass is 300 g/mol. The minimum Gasteiger partial charge on any atom is -0.496 e. The number of aliphatic hydroxyl groups excluding tert-OH is 1. The van der Waals surface area contributed by atoms with Crippen LogP contribution in [0, 0.1) is 0 Å². The van der Waals surface area contributed by atoms with Crippen molar-refractivity contribution in [2.75, 3.05) is 25.6 Å². The van der Waals surface area contributed by atoms with Gasteiger partial charge in [-0.3, -0.25) is 0 Å². The maximum absolute atomic E-state index is 12.4. The van der Waals surface area contributed by atoms with Crippen LogP contribution in [0.15, 0.2) is 54.6 Å². The molecule has 0 aromatic heterocycles. The van der Waals surface area contributed by atoms with Gasteiger partial charge in [-0.25, -0.2) is 4.79 Å². The van der Waals surface area contributed by atoms with E-state index in [2.05, 4.69) is 5.32 Å². The van der Waals surface area contributed by atoms with Crippen LogP contribution in [0.25, 0.3) is 0 Å². The maximum atomic E-state index is 12.4. The number of urea groups is 1. The van der Waals surface area contributed by atoms with Gasteiger partial charge in [0.1, 0.15) is 5.75 Å². The van der Waals surface area contributed by atoms with Crippen molar-refractivity contribution in [3.05, 3.63) is 60.2 Å². The number of carbonyl (C=O) groups is 1. The molecule has 0 fully saturated rings. The molecule has 22 heavy (non-hydrogen) atoms. The number of nitrogens with zero attached hydrogens (tertiary/aromatic N) is 1. The molecule has 2 rings (SSSR count). The summed E-state index contributed by atoms with van der Waals surface area (Å²) in [6.45, 7) is 0.511. The Kier molecular flexibility index (Phi) is 5.80. The second-order valence-electron chi connectivity index (χ2n) is 4.75. The third-order valence-electron chi connectivity index (χ3n) is 3.24. The molecule has 0 saturated heterocycles. The number of hydrogen-bond acceptors (Lipinski definition) is 3. The number of rotatable bonds is 6. The van der Waals surface area contributed by atoms with Crippen LogP contribution in [-0.4, -0.2) is 36.3 Å². The predicted molar refractivity (Wildman–Crippen MR) is 86.0 cm³/mol. The molecule has 0 atom stereocenters. The van der Waals surface area contributed by atoms with Gasteiger partial charge < -0.3 is 20.1 Å². The zero-order valence-corrected chi connectivity index (χ0v) is 12.5. The molecule has 2 aromatic rings. The number of carbonyl (C=O) groups excluding carboxylic acids is 1. The maximum Gasteiger partial charge on any atom is 0.322 e. The lowest BCUT2D eigenvalue weighted by atomic mass is 10.2. The number of benzene rings is 2. The summed E-state index contributed by atoms with van der Waals surface area (Å²) in [6, 6.07) is 16.5. The van der Waals surface area contributed by atoms with E-state index in [4.69, 9.17) is 4.74 Å². The Morgan fingerprint density at radius 3 is 2.50 bits per heavy atom. The van der Waals surface area contributed by atoms with Crippen molar-refractivity contribution < 1.29 is 14.6 Å². The van der Waals surface area contributed by atoms with E-state index in [1.807, 2.05) is 54.6 Å². The lowest BCUT2D eigenvalue weighted by molar-refractivity contribution is 0.184. The first-order chi connectivity index (χ1) is 10.7. The molecule has 0 unspecified atom stereocenters. The molecule has 2 aromatic carbocycles.